The lowest BCUT2D eigenvalue weighted by Gasteiger charge is -2.64. The zero-order valence-electron chi connectivity index (χ0n) is 19.8. The molecule has 5 fully saturated rings. The lowest BCUT2D eigenvalue weighted by atomic mass is 9.41. The highest BCUT2D eigenvalue weighted by Gasteiger charge is 2.63. The van der Waals surface area contributed by atoms with Crippen LogP contribution in [0.1, 0.15) is 98.8 Å². The molecule has 0 aliphatic heterocycles. The van der Waals surface area contributed by atoms with E-state index in [0.29, 0.717) is 22.7 Å². The van der Waals surface area contributed by atoms with Gasteiger partial charge in [0.05, 0.1) is 6.10 Å². The van der Waals surface area contributed by atoms with Gasteiger partial charge in [-0.05, 0) is 97.2 Å². The summed E-state index contributed by atoms with van der Waals surface area (Å²) >= 11 is 0. The zero-order valence-corrected chi connectivity index (χ0v) is 19.8. The average Bonchev–Trinajstić information content (AvgIpc) is 3.03. The topological polar surface area (TPSA) is 20.2 Å². The minimum Gasteiger partial charge on any atom is -0.392 e. The van der Waals surface area contributed by atoms with Gasteiger partial charge in [-0.15, -0.1) is 0 Å². The second kappa shape index (κ2) is 7.11. The molecule has 0 heterocycles. The Labute approximate surface area is 180 Å². The molecule has 0 amide bonds. The Bertz CT molecular complexity index is 663. The quantitative estimate of drug-likeness (QED) is 0.484. The van der Waals surface area contributed by atoms with Crippen molar-refractivity contribution >= 4 is 0 Å². The number of hydrogen-bond acceptors (Lipinski definition) is 1. The minimum atomic E-state index is -0.0118. The van der Waals surface area contributed by atoms with Crippen LogP contribution in [0, 0.1) is 58.2 Å². The maximum Gasteiger partial charge on any atom is 0.0634 e. The van der Waals surface area contributed by atoms with E-state index in [2.05, 4.69) is 40.7 Å². The molecule has 1 N–H and O–H groups in total. The monoisotopic (exact) mass is 398 g/mol. The summed E-state index contributed by atoms with van der Waals surface area (Å²) in [5.74, 6) is 6.61. The van der Waals surface area contributed by atoms with Gasteiger partial charge in [-0.25, -0.2) is 0 Å². The van der Waals surface area contributed by atoms with Crippen LogP contribution in [0.5, 0.6) is 0 Å². The van der Waals surface area contributed by atoms with E-state index in [9.17, 15) is 5.11 Å². The van der Waals surface area contributed by atoms with E-state index in [-0.39, 0.29) is 6.10 Å². The van der Waals surface area contributed by atoms with Crippen LogP contribution in [0.4, 0.5) is 0 Å². The van der Waals surface area contributed by atoms with E-state index in [1.54, 1.807) is 5.57 Å². The lowest BCUT2D eigenvalue weighted by molar-refractivity contribution is -0.126. The summed E-state index contributed by atoms with van der Waals surface area (Å²) in [4.78, 5) is 0. The van der Waals surface area contributed by atoms with Crippen LogP contribution in [0.2, 0.25) is 0 Å². The first-order valence-electron chi connectivity index (χ1n) is 13.1. The molecule has 0 aromatic carbocycles. The molecule has 29 heavy (non-hydrogen) atoms. The molecule has 0 spiro atoms. The minimum absolute atomic E-state index is 0.0118. The van der Waals surface area contributed by atoms with E-state index in [1.807, 2.05) is 0 Å². The third kappa shape index (κ3) is 2.95. The summed E-state index contributed by atoms with van der Waals surface area (Å²) in [7, 11) is 0. The van der Waals surface area contributed by atoms with Crippen LogP contribution in [-0.2, 0) is 0 Å². The summed E-state index contributed by atoms with van der Waals surface area (Å²) in [5.41, 5.74) is 2.70. The SMILES string of the molecule is CC(C)CCC[C@@H](C)[C@H]1CC[C@H]2[C@@H]3CC=C4C5CC(C[C@]4(C)[C@H]3CC[C@]12C)[C@@H]5O. The first-order chi connectivity index (χ1) is 13.8. The molecule has 2 bridgehead atoms. The van der Waals surface area contributed by atoms with Crippen LogP contribution in [0.25, 0.3) is 0 Å². The maximum absolute atomic E-state index is 10.5. The maximum atomic E-state index is 10.5. The molecule has 6 rings (SSSR count). The van der Waals surface area contributed by atoms with Crippen LogP contribution >= 0.6 is 0 Å². The highest BCUT2D eigenvalue weighted by atomic mass is 16.3. The molecule has 164 valence electrons. The second-order valence-corrected chi connectivity index (χ2v) is 13.0. The Morgan fingerprint density at radius 2 is 1.86 bits per heavy atom. The fraction of sp³-hybridized carbons (Fsp3) is 0.929. The summed E-state index contributed by atoms with van der Waals surface area (Å²) in [6.45, 7) is 12.6. The highest BCUT2D eigenvalue weighted by Crippen LogP contribution is 2.70. The van der Waals surface area contributed by atoms with Crippen molar-refractivity contribution in [3.63, 3.8) is 0 Å². The van der Waals surface area contributed by atoms with Crippen LogP contribution in [-0.4, -0.2) is 11.2 Å². The van der Waals surface area contributed by atoms with Gasteiger partial charge in [-0.3, -0.25) is 0 Å². The van der Waals surface area contributed by atoms with Gasteiger partial charge < -0.3 is 5.11 Å². The predicted molar refractivity (Wildman–Crippen MR) is 121 cm³/mol. The van der Waals surface area contributed by atoms with E-state index >= 15 is 0 Å². The van der Waals surface area contributed by atoms with E-state index in [0.717, 1.165) is 35.5 Å². The molecule has 6 aliphatic carbocycles. The van der Waals surface area contributed by atoms with Gasteiger partial charge in [-0.1, -0.05) is 65.5 Å². The second-order valence-electron chi connectivity index (χ2n) is 13.0. The van der Waals surface area contributed by atoms with Gasteiger partial charge in [0.2, 0.25) is 0 Å². The Balaban J connectivity index is 1.33. The number of aliphatic hydroxyl groups is 1. The summed E-state index contributed by atoms with van der Waals surface area (Å²) in [6.07, 6.45) is 16.7. The number of fused-ring (bicyclic) bond motifs is 3. The number of rotatable bonds is 5. The molecule has 1 nitrogen and oxygen atoms in total. The van der Waals surface area contributed by atoms with Gasteiger partial charge in [-0.2, -0.15) is 0 Å². The normalized spacial score (nSPS) is 51.6. The Morgan fingerprint density at radius 3 is 2.59 bits per heavy atom. The third-order valence-corrected chi connectivity index (χ3v) is 11.3. The predicted octanol–water partition coefficient (Wildman–Crippen LogP) is 7.24. The van der Waals surface area contributed by atoms with Crippen molar-refractivity contribution in [2.75, 3.05) is 0 Å². The van der Waals surface area contributed by atoms with Crippen molar-refractivity contribution in [2.24, 2.45) is 58.2 Å². The van der Waals surface area contributed by atoms with Gasteiger partial charge >= 0.3 is 0 Å². The highest BCUT2D eigenvalue weighted by molar-refractivity contribution is 5.32. The average molecular weight is 399 g/mol. The Hall–Kier alpha value is -0.300. The van der Waals surface area contributed by atoms with Crippen molar-refractivity contribution in [3.05, 3.63) is 11.6 Å². The molecular formula is C28H46O. The number of hydrogen-bond donors (Lipinski definition) is 1. The summed E-state index contributed by atoms with van der Waals surface area (Å²) in [5, 5.41) is 10.5. The molecule has 0 aromatic heterocycles. The van der Waals surface area contributed by atoms with Gasteiger partial charge in [0, 0.05) is 5.92 Å². The van der Waals surface area contributed by atoms with E-state index in [1.165, 1.54) is 64.2 Å². The molecule has 0 saturated heterocycles. The van der Waals surface area contributed by atoms with Crippen molar-refractivity contribution in [3.8, 4) is 0 Å². The first kappa shape index (κ1) is 20.6. The third-order valence-electron chi connectivity index (χ3n) is 11.3. The van der Waals surface area contributed by atoms with Crippen LogP contribution in [0.3, 0.4) is 0 Å². The van der Waals surface area contributed by atoms with Crippen molar-refractivity contribution in [1.29, 1.82) is 0 Å². The van der Waals surface area contributed by atoms with E-state index in [4.69, 9.17) is 0 Å². The summed E-state index contributed by atoms with van der Waals surface area (Å²) in [6, 6.07) is 0. The van der Waals surface area contributed by atoms with Gasteiger partial charge in [0.1, 0.15) is 0 Å². The van der Waals surface area contributed by atoms with Crippen molar-refractivity contribution in [2.45, 2.75) is 105 Å². The fourth-order valence-corrected chi connectivity index (χ4v) is 9.78. The van der Waals surface area contributed by atoms with Crippen LogP contribution < -0.4 is 0 Å². The molecule has 10 atom stereocenters. The van der Waals surface area contributed by atoms with Crippen molar-refractivity contribution in [1.82, 2.24) is 0 Å². The van der Waals surface area contributed by atoms with Gasteiger partial charge in [0.25, 0.3) is 0 Å². The fourth-order valence-electron chi connectivity index (χ4n) is 9.78. The Kier molecular flexibility index (Phi) is 5.05. The molecule has 5 saturated carbocycles. The lowest BCUT2D eigenvalue weighted by Crippen LogP contribution is -2.59. The van der Waals surface area contributed by atoms with Crippen molar-refractivity contribution < 1.29 is 5.11 Å². The van der Waals surface area contributed by atoms with E-state index < -0.39 is 0 Å². The number of allylic oxidation sites excluding steroid dienone is 1. The largest absolute Gasteiger partial charge is 0.392 e. The molecule has 0 aromatic rings. The molecule has 6 aliphatic rings. The zero-order chi connectivity index (χ0) is 20.6. The standard InChI is InChI=1S/C28H46O/c1-17(2)7-6-8-18(3)22-11-12-23-20-9-10-24-21-15-19(26(21)29)16-28(24,5)25(20)13-14-27(22,23)4/h10,17-23,25-26,29H,6-9,11-16H2,1-5H3/t18-,19?,20+,21?,22-,23+,25+,26+,27-,28+/m1/s1. The van der Waals surface area contributed by atoms with Crippen LogP contribution in [0.15, 0.2) is 11.6 Å². The molecule has 1 heteroatoms. The Morgan fingerprint density at radius 1 is 1.07 bits per heavy atom. The molecular weight excluding hydrogens is 352 g/mol. The summed E-state index contributed by atoms with van der Waals surface area (Å²) < 4.78 is 0. The first-order valence-corrected chi connectivity index (χ1v) is 13.1. The molecule has 0 radical (unpaired) electrons. The smallest absolute Gasteiger partial charge is 0.0634 e. The molecule has 2 unspecified atom stereocenters. The van der Waals surface area contributed by atoms with Gasteiger partial charge in [0.15, 0.2) is 0 Å². The number of aliphatic hydroxyl groups excluding tert-OH is 1.